The maximum Gasteiger partial charge on any atom is 0.295 e. The molecule has 8 nitrogen and oxygen atoms in total. The van der Waals surface area contributed by atoms with Crippen molar-refractivity contribution < 1.29 is 38.0 Å². The smallest absolute Gasteiger partial charge is 0.295 e. The van der Waals surface area contributed by atoms with Crippen LogP contribution < -0.4 is 18.9 Å². The van der Waals surface area contributed by atoms with Gasteiger partial charge in [0.15, 0.2) is 11.5 Å². The van der Waals surface area contributed by atoms with Gasteiger partial charge in [-0.1, -0.05) is 18.2 Å². The summed E-state index contributed by atoms with van der Waals surface area (Å²) in [6.07, 6.45) is 0. The molecule has 4 rings (SSSR count). The predicted molar refractivity (Wildman–Crippen MR) is 138 cm³/mol. The molecule has 1 unspecified atom stereocenters. The Hall–Kier alpha value is -4.53. The number of carbonyl (C=O) groups is 2. The number of aliphatic hydroxyl groups is 1. The third-order valence-corrected chi connectivity index (χ3v) is 6.27. The molecule has 0 bridgehead atoms. The van der Waals surface area contributed by atoms with Gasteiger partial charge in [0, 0.05) is 6.54 Å². The quantitative estimate of drug-likeness (QED) is 0.244. The fourth-order valence-electron chi connectivity index (χ4n) is 4.45. The number of ether oxygens (including phenoxy) is 4. The van der Waals surface area contributed by atoms with Gasteiger partial charge in [0.2, 0.25) is 0 Å². The molecule has 1 amide bonds. The first-order chi connectivity index (χ1) is 18.3. The number of benzene rings is 3. The Balaban J connectivity index is 1.93. The van der Waals surface area contributed by atoms with Crippen molar-refractivity contribution in [3.63, 3.8) is 0 Å². The fourth-order valence-corrected chi connectivity index (χ4v) is 4.45. The minimum absolute atomic E-state index is 0.00244. The van der Waals surface area contributed by atoms with Crippen LogP contribution in [-0.4, -0.2) is 49.6 Å². The van der Waals surface area contributed by atoms with E-state index in [4.69, 9.17) is 18.9 Å². The van der Waals surface area contributed by atoms with Crippen LogP contribution in [0.25, 0.3) is 5.76 Å². The number of hydrogen-bond donors (Lipinski definition) is 1. The Morgan fingerprint density at radius 3 is 2.21 bits per heavy atom. The lowest BCUT2D eigenvalue weighted by atomic mass is 9.94. The van der Waals surface area contributed by atoms with Gasteiger partial charge >= 0.3 is 0 Å². The van der Waals surface area contributed by atoms with E-state index < -0.39 is 29.3 Å². The number of amides is 1. The number of hydrogen-bond acceptors (Lipinski definition) is 7. The first-order valence-corrected chi connectivity index (χ1v) is 11.9. The average Bonchev–Trinajstić information content (AvgIpc) is 3.18. The van der Waals surface area contributed by atoms with Crippen molar-refractivity contribution in [2.24, 2.45) is 0 Å². The zero-order chi connectivity index (χ0) is 27.4. The molecule has 1 atom stereocenters. The number of ketones is 1. The van der Waals surface area contributed by atoms with Crippen LogP contribution >= 0.6 is 0 Å². The van der Waals surface area contributed by atoms with Gasteiger partial charge in [-0.25, -0.2) is 4.39 Å². The van der Waals surface area contributed by atoms with Crippen molar-refractivity contribution in [2.75, 3.05) is 27.9 Å². The Bertz CT molecular complexity index is 1380. The molecule has 0 aliphatic carbocycles. The second-order valence-corrected chi connectivity index (χ2v) is 8.46. The van der Waals surface area contributed by atoms with Crippen molar-refractivity contribution in [3.8, 4) is 23.0 Å². The van der Waals surface area contributed by atoms with Crippen LogP contribution in [0.1, 0.15) is 29.7 Å². The molecule has 1 aliphatic heterocycles. The Morgan fingerprint density at radius 1 is 0.895 bits per heavy atom. The molecule has 38 heavy (non-hydrogen) atoms. The number of nitrogens with zero attached hydrogens (tertiary/aromatic N) is 1. The molecular weight excluding hydrogens is 493 g/mol. The molecule has 0 radical (unpaired) electrons. The molecule has 198 valence electrons. The largest absolute Gasteiger partial charge is 0.507 e. The molecule has 3 aromatic carbocycles. The summed E-state index contributed by atoms with van der Waals surface area (Å²) in [4.78, 5) is 28.2. The standard InChI is InChI=1S/C29H28FNO7/c1-5-38-24-14-18(8-12-23(24)37-4)26-25(27(32)21-15-20(35-2)11-13-22(21)36-3)28(33)29(34)31(26)16-17-6-9-19(30)10-7-17/h6-15,26,32H,5,16H2,1-4H3/b27-25+. The van der Waals surface area contributed by atoms with Gasteiger partial charge < -0.3 is 29.0 Å². The van der Waals surface area contributed by atoms with E-state index in [0.29, 0.717) is 35.0 Å². The van der Waals surface area contributed by atoms with Crippen LogP contribution in [0.15, 0.2) is 66.2 Å². The van der Waals surface area contributed by atoms with E-state index in [0.717, 1.165) is 0 Å². The summed E-state index contributed by atoms with van der Waals surface area (Å²) in [5.41, 5.74) is 1.18. The lowest BCUT2D eigenvalue weighted by molar-refractivity contribution is -0.140. The third kappa shape index (κ3) is 5.00. The summed E-state index contributed by atoms with van der Waals surface area (Å²) in [5, 5.41) is 11.5. The van der Waals surface area contributed by atoms with Crippen LogP contribution in [0.2, 0.25) is 0 Å². The van der Waals surface area contributed by atoms with E-state index in [1.165, 1.54) is 56.6 Å². The molecule has 0 aromatic heterocycles. The highest BCUT2D eigenvalue weighted by Crippen LogP contribution is 2.44. The summed E-state index contributed by atoms with van der Waals surface area (Å²) in [5.74, 6) is -0.915. The van der Waals surface area contributed by atoms with Gasteiger partial charge in [0.25, 0.3) is 11.7 Å². The van der Waals surface area contributed by atoms with Crippen molar-refractivity contribution >= 4 is 17.4 Å². The van der Waals surface area contributed by atoms with E-state index in [1.54, 1.807) is 30.3 Å². The number of carbonyl (C=O) groups excluding carboxylic acids is 2. The summed E-state index contributed by atoms with van der Waals surface area (Å²) in [6, 6.07) is 14.5. The minimum atomic E-state index is -0.985. The van der Waals surface area contributed by atoms with Gasteiger partial charge in [-0.3, -0.25) is 9.59 Å². The molecule has 9 heteroatoms. The maximum atomic E-state index is 13.5. The summed E-state index contributed by atoms with van der Waals surface area (Å²) < 4.78 is 35.4. The molecule has 1 fully saturated rings. The molecule has 1 N–H and O–H groups in total. The van der Waals surface area contributed by atoms with Gasteiger partial charge in [0.05, 0.1) is 45.1 Å². The second-order valence-electron chi connectivity index (χ2n) is 8.46. The van der Waals surface area contributed by atoms with Gasteiger partial charge in [0.1, 0.15) is 23.1 Å². The lowest BCUT2D eigenvalue weighted by Crippen LogP contribution is -2.29. The average molecular weight is 522 g/mol. The molecule has 1 aliphatic rings. The van der Waals surface area contributed by atoms with E-state index >= 15 is 0 Å². The highest BCUT2D eigenvalue weighted by atomic mass is 19.1. The van der Waals surface area contributed by atoms with Gasteiger partial charge in [-0.15, -0.1) is 0 Å². The second kappa shape index (κ2) is 11.2. The van der Waals surface area contributed by atoms with Crippen LogP contribution in [0.5, 0.6) is 23.0 Å². The normalized spacial score (nSPS) is 16.4. The van der Waals surface area contributed by atoms with Crippen LogP contribution in [0.4, 0.5) is 4.39 Å². The van der Waals surface area contributed by atoms with Crippen LogP contribution in [0.3, 0.4) is 0 Å². The van der Waals surface area contributed by atoms with Gasteiger partial charge in [-0.2, -0.15) is 0 Å². The van der Waals surface area contributed by atoms with Gasteiger partial charge in [-0.05, 0) is 60.5 Å². The van der Waals surface area contributed by atoms with Crippen molar-refractivity contribution in [2.45, 2.75) is 19.5 Å². The Labute approximate surface area is 219 Å². The molecule has 0 spiro atoms. The molecule has 3 aromatic rings. The lowest BCUT2D eigenvalue weighted by Gasteiger charge is -2.26. The number of aliphatic hydroxyl groups excluding tert-OH is 1. The SMILES string of the molecule is CCOc1cc(C2/C(=C(\O)c3cc(OC)ccc3OC)C(=O)C(=O)N2Cc2ccc(F)cc2)ccc1OC. The highest BCUT2D eigenvalue weighted by Gasteiger charge is 2.46. The minimum Gasteiger partial charge on any atom is -0.507 e. The van der Waals surface area contributed by atoms with Crippen LogP contribution in [0, 0.1) is 5.82 Å². The third-order valence-electron chi connectivity index (χ3n) is 6.27. The number of methoxy groups -OCH3 is 3. The molecule has 1 heterocycles. The number of rotatable bonds is 9. The summed E-state index contributed by atoms with van der Waals surface area (Å²) in [7, 11) is 4.41. The maximum absolute atomic E-state index is 13.5. The van der Waals surface area contributed by atoms with E-state index in [2.05, 4.69) is 0 Å². The predicted octanol–water partition coefficient (Wildman–Crippen LogP) is 4.87. The topological polar surface area (TPSA) is 94.5 Å². The zero-order valence-corrected chi connectivity index (χ0v) is 21.5. The fraction of sp³-hybridized carbons (Fsp3) is 0.241. The number of Topliss-reactive ketones (excluding diaryl/α,β-unsaturated/α-hetero) is 1. The van der Waals surface area contributed by atoms with Crippen LogP contribution in [-0.2, 0) is 16.1 Å². The summed E-state index contributed by atoms with van der Waals surface area (Å²) >= 11 is 0. The Kier molecular flexibility index (Phi) is 7.85. The molecular formula is C29H28FNO7. The van der Waals surface area contributed by atoms with Crippen molar-refractivity contribution in [1.29, 1.82) is 0 Å². The Morgan fingerprint density at radius 2 is 1.58 bits per heavy atom. The zero-order valence-electron chi connectivity index (χ0n) is 21.5. The number of likely N-dealkylation sites (tertiary alicyclic amines) is 1. The van der Waals surface area contributed by atoms with E-state index in [1.807, 2.05) is 6.92 Å². The van der Waals surface area contributed by atoms with Crippen molar-refractivity contribution in [3.05, 3.63) is 88.7 Å². The summed E-state index contributed by atoms with van der Waals surface area (Å²) in [6.45, 7) is 2.18. The first kappa shape index (κ1) is 26.5. The van der Waals surface area contributed by atoms with E-state index in [-0.39, 0.29) is 23.4 Å². The molecule has 1 saturated heterocycles. The number of halogens is 1. The van der Waals surface area contributed by atoms with E-state index in [9.17, 15) is 19.1 Å². The molecule has 0 saturated carbocycles. The monoisotopic (exact) mass is 521 g/mol. The highest BCUT2D eigenvalue weighted by molar-refractivity contribution is 6.46. The first-order valence-electron chi connectivity index (χ1n) is 11.9. The van der Waals surface area contributed by atoms with Crippen molar-refractivity contribution in [1.82, 2.24) is 4.90 Å².